The summed E-state index contributed by atoms with van der Waals surface area (Å²) in [6.45, 7) is 10.3. The van der Waals surface area contributed by atoms with Crippen molar-refractivity contribution < 1.29 is 9.13 Å². The highest BCUT2D eigenvalue weighted by atomic mass is 19.1. The standard InChI is InChI=1S/C19H22FNO/c1-10-11(2)18-15(12(3)17(10)21)16(19(4,5)22-18)13-6-8-14(20)9-7-13/h6-9,16H,21H2,1-5H3. The third kappa shape index (κ3) is 1.99. The Labute approximate surface area is 131 Å². The number of anilines is 1. The zero-order chi connectivity index (χ0) is 16.2. The second-order valence-corrected chi connectivity index (χ2v) is 6.72. The van der Waals surface area contributed by atoms with Gasteiger partial charge in [0, 0.05) is 11.3 Å². The summed E-state index contributed by atoms with van der Waals surface area (Å²) in [7, 11) is 0. The molecule has 0 saturated heterocycles. The van der Waals surface area contributed by atoms with Crippen LogP contribution in [0.25, 0.3) is 0 Å². The third-order valence-corrected chi connectivity index (χ3v) is 4.91. The summed E-state index contributed by atoms with van der Waals surface area (Å²) in [6.07, 6.45) is 0. The predicted molar refractivity (Wildman–Crippen MR) is 88.0 cm³/mol. The molecular weight excluding hydrogens is 277 g/mol. The first-order chi connectivity index (χ1) is 10.2. The second kappa shape index (κ2) is 4.73. The monoisotopic (exact) mass is 299 g/mol. The van der Waals surface area contributed by atoms with Crippen LogP contribution in [0.5, 0.6) is 5.75 Å². The number of fused-ring (bicyclic) bond motifs is 1. The van der Waals surface area contributed by atoms with Crippen LogP contribution in [-0.4, -0.2) is 5.60 Å². The molecule has 3 rings (SSSR count). The number of hydrogen-bond acceptors (Lipinski definition) is 2. The molecule has 0 amide bonds. The van der Waals surface area contributed by atoms with E-state index in [1.165, 1.54) is 12.1 Å². The van der Waals surface area contributed by atoms with Crippen LogP contribution in [-0.2, 0) is 0 Å². The van der Waals surface area contributed by atoms with Crippen LogP contribution >= 0.6 is 0 Å². The van der Waals surface area contributed by atoms with Crippen molar-refractivity contribution in [3.8, 4) is 5.75 Å². The van der Waals surface area contributed by atoms with E-state index in [1.54, 1.807) is 0 Å². The number of halogens is 1. The number of benzene rings is 2. The van der Waals surface area contributed by atoms with E-state index in [0.29, 0.717) is 0 Å². The van der Waals surface area contributed by atoms with Gasteiger partial charge < -0.3 is 10.5 Å². The molecule has 1 unspecified atom stereocenters. The van der Waals surface area contributed by atoms with E-state index in [-0.39, 0.29) is 11.7 Å². The lowest BCUT2D eigenvalue weighted by Crippen LogP contribution is -2.31. The summed E-state index contributed by atoms with van der Waals surface area (Å²) in [4.78, 5) is 0. The van der Waals surface area contributed by atoms with Crippen LogP contribution in [0.3, 0.4) is 0 Å². The third-order valence-electron chi connectivity index (χ3n) is 4.91. The van der Waals surface area contributed by atoms with Crippen LogP contribution in [0.2, 0.25) is 0 Å². The van der Waals surface area contributed by atoms with Gasteiger partial charge in [0.1, 0.15) is 17.2 Å². The van der Waals surface area contributed by atoms with Crippen molar-refractivity contribution in [1.29, 1.82) is 0 Å². The Morgan fingerprint density at radius 1 is 1.00 bits per heavy atom. The topological polar surface area (TPSA) is 35.2 Å². The smallest absolute Gasteiger partial charge is 0.127 e. The zero-order valence-electron chi connectivity index (χ0n) is 13.8. The Kier molecular flexibility index (Phi) is 3.20. The molecule has 116 valence electrons. The fourth-order valence-corrected chi connectivity index (χ4v) is 3.54. The van der Waals surface area contributed by atoms with Crippen LogP contribution in [0, 0.1) is 26.6 Å². The molecule has 1 atom stereocenters. The van der Waals surface area contributed by atoms with Gasteiger partial charge in [0.15, 0.2) is 0 Å². The summed E-state index contributed by atoms with van der Waals surface area (Å²) in [5, 5.41) is 0. The van der Waals surface area contributed by atoms with Crippen molar-refractivity contribution in [2.75, 3.05) is 5.73 Å². The summed E-state index contributed by atoms with van der Waals surface area (Å²) in [6, 6.07) is 6.68. The average Bonchev–Trinajstić information content (AvgIpc) is 2.75. The Bertz CT molecular complexity index is 747. The van der Waals surface area contributed by atoms with Crippen molar-refractivity contribution in [2.24, 2.45) is 0 Å². The fourth-order valence-electron chi connectivity index (χ4n) is 3.54. The Hall–Kier alpha value is -2.03. The van der Waals surface area contributed by atoms with Gasteiger partial charge in [-0.15, -0.1) is 0 Å². The average molecular weight is 299 g/mol. The Morgan fingerprint density at radius 2 is 1.59 bits per heavy atom. The normalized spacial score (nSPS) is 18.9. The van der Waals surface area contributed by atoms with E-state index < -0.39 is 5.60 Å². The molecule has 0 aliphatic carbocycles. The lowest BCUT2D eigenvalue weighted by Gasteiger charge is -2.27. The van der Waals surface area contributed by atoms with E-state index in [1.807, 2.05) is 32.9 Å². The summed E-state index contributed by atoms with van der Waals surface area (Å²) < 4.78 is 19.6. The van der Waals surface area contributed by atoms with Crippen molar-refractivity contribution in [3.63, 3.8) is 0 Å². The molecule has 0 saturated carbocycles. The van der Waals surface area contributed by atoms with Gasteiger partial charge in [-0.2, -0.15) is 0 Å². The number of nitrogen functional groups attached to an aromatic ring is 1. The molecule has 1 aliphatic rings. The molecule has 2 N–H and O–H groups in total. The molecule has 1 heterocycles. The molecular formula is C19H22FNO. The van der Waals surface area contributed by atoms with E-state index >= 15 is 0 Å². The van der Waals surface area contributed by atoms with Crippen LogP contribution in [0.15, 0.2) is 24.3 Å². The molecule has 2 aromatic rings. The Morgan fingerprint density at radius 3 is 2.18 bits per heavy atom. The second-order valence-electron chi connectivity index (χ2n) is 6.72. The van der Waals surface area contributed by atoms with Crippen LogP contribution in [0.4, 0.5) is 10.1 Å². The highest BCUT2D eigenvalue weighted by molar-refractivity contribution is 5.69. The lowest BCUT2D eigenvalue weighted by atomic mass is 9.78. The molecule has 0 aromatic heterocycles. The molecule has 22 heavy (non-hydrogen) atoms. The summed E-state index contributed by atoms with van der Waals surface area (Å²) in [5.74, 6) is 0.755. The molecule has 0 bridgehead atoms. The maximum absolute atomic E-state index is 13.3. The lowest BCUT2D eigenvalue weighted by molar-refractivity contribution is 0.121. The van der Waals surface area contributed by atoms with Crippen molar-refractivity contribution in [2.45, 2.75) is 46.1 Å². The van der Waals surface area contributed by atoms with E-state index in [2.05, 4.69) is 13.8 Å². The zero-order valence-corrected chi connectivity index (χ0v) is 13.8. The first-order valence-electron chi connectivity index (χ1n) is 7.57. The van der Waals surface area contributed by atoms with E-state index in [9.17, 15) is 4.39 Å². The molecule has 0 spiro atoms. The van der Waals surface area contributed by atoms with Crippen molar-refractivity contribution in [1.82, 2.24) is 0 Å². The van der Waals surface area contributed by atoms with Gasteiger partial charge in [-0.1, -0.05) is 12.1 Å². The minimum atomic E-state index is -0.393. The SMILES string of the molecule is Cc1c(C)c2c(c(C)c1N)C(c1ccc(F)cc1)C(C)(C)O2. The van der Waals surface area contributed by atoms with Crippen molar-refractivity contribution >= 4 is 5.69 Å². The summed E-state index contributed by atoms with van der Waals surface area (Å²) >= 11 is 0. The minimum absolute atomic E-state index is 0.0460. The molecule has 0 fully saturated rings. The highest BCUT2D eigenvalue weighted by Gasteiger charge is 2.44. The van der Waals surface area contributed by atoms with Crippen molar-refractivity contribution in [3.05, 3.63) is 57.9 Å². The van der Waals surface area contributed by atoms with Gasteiger partial charge in [0.25, 0.3) is 0 Å². The molecule has 0 radical (unpaired) electrons. The number of hydrogen-bond donors (Lipinski definition) is 1. The van der Waals surface area contributed by atoms with Gasteiger partial charge in [-0.3, -0.25) is 0 Å². The Balaban J connectivity index is 2.28. The first-order valence-corrected chi connectivity index (χ1v) is 7.57. The maximum Gasteiger partial charge on any atom is 0.127 e. The maximum atomic E-state index is 13.3. The van der Waals surface area contributed by atoms with Gasteiger partial charge in [-0.05, 0) is 69.0 Å². The largest absolute Gasteiger partial charge is 0.486 e. The number of nitrogens with two attached hydrogens (primary N) is 1. The number of rotatable bonds is 1. The molecule has 1 aliphatic heterocycles. The van der Waals surface area contributed by atoms with Gasteiger partial charge in [-0.25, -0.2) is 4.39 Å². The van der Waals surface area contributed by atoms with Gasteiger partial charge in [0.05, 0.1) is 5.92 Å². The minimum Gasteiger partial charge on any atom is -0.486 e. The van der Waals surface area contributed by atoms with Crippen LogP contribution in [0.1, 0.15) is 47.6 Å². The molecule has 2 aromatic carbocycles. The fraction of sp³-hybridized carbons (Fsp3) is 0.368. The quantitative estimate of drug-likeness (QED) is 0.779. The summed E-state index contributed by atoms with van der Waals surface area (Å²) in [5.41, 5.74) is 12.1. The molecule has 2 nitrogen and oxygen atoms in total. The van der Waals surface area contributed by atoms with Gasteiger partial charge in [0.2, 0.25) is 0 Å². The number of ether oxygens (including phenoxy) is 1. The van der Waals surface area contributed by atoms with Gasteiger partial charge >= 0.3 is 0 Å². The van der Waals surface area contributed by atoms with E-state index in [4.69, 9.17) is 10.5 Å². The van der Waals surface area contributed by atoms with E-state index in [0.717, 1.165) is 39.3 Å². The molecule has 3 heteroatoms. The van der Waals surface area contributed by atoms with Crippen LogP contribution < -0.4 is 10.5 Å². The first kappa shape index (κ1) is 14.9. The predicted octanol–water partition coefficient (Wildman–Crippen LogP) is 4.64. The highest BCUT2D eigenvalue weighted by Crippen LogP contribution is 2.53.